The fraction of sp³-hybridized carbons (Fsp3) is 0.667. The molecule has 7 heteroatoms. The van der Waals surface area contributed by atoms with Crippen LogP contribution < -0.4 is 0 Å². The summed E-state index contributed by atoms with van der Waals surface area (Å²) in [6, 6.07) is 2.36. The third-order valence-corrected chi connectivity index (χ3v) is 4.35. The molecule has 1 unspecified atom stereocenters. The molecule has 0 saturated heterocycles. The van der Waals surface area contributed by atoms with Crippen LogP contribution in [-0.2, 0) is 0 Å². The van der Waals surface area contributed by atoms with Crippen LogP contribution in [0, 0.1) is 5.41 Å². The Bertz CT molecular complexity index is 663. The second-order valence-corrected chi connectivity index (χ2v) is 7.34. The van der Waals surface area contributed by atoms with E-state index in [1.165, 1.54) is 20.2 Å². The van der Waals surface area contributed by atoms with Gasteiger partial charge in [0.25, 0.3) is 0 Å². The topological polar surface area (TPSA) is 91.4 Å². The summed E-state index contributed by atoms with van der Waals surface area (Å²) in [5.41, 5.74) is 0.931. The van der Waals surface area contributed by atoms with Gasteiger partial charge in [0.15, 0.2) is 5.79 Å². The zero-order chi connectivity index (χ0) is 19.3. The van der Waals surface area contributed by atoms with E-state index in [1.807, 2.05) is 26.1 Å². The standard InChI is InChI=1S/C13H16ClN3O.C3H8O2.C2H6/c1-13(7-18)4-2-9(6-13)17-5-3-10-11(14)15-8-16-12(10)17;1-3(2,4)5;1-2/h3,5,8-9,18H,2,4,6-7H2,1H3;4-5H,1-2H3;1-2H3/t9?,13-;;/m1../s1. The van der Waals surface area contributed by atoms with E-state index >= 15 is 0 Å². The van der Waals surface area contributed by atoms with E-state index in [0.717, 1.165) is 30.3 Å². The molecule has 0 bridgehead atoms. The SMILES string of the molecule is CC.CC(C)(O)O.C[C@@]1(CO)CCC(n2ccc3c(Cl)ncnc32)C1. The molecule has 0 spiro atoms. The van der Waals surface area contributed by atoms with Crippen LogP contribution in [0.15, 0.2) is 18.6 Å². The Balaban J connectivity index is 0.000000388. The molecule has 3 rings (SSSR count). The van der Waals surface area contributed by atoms with Crippen molar-refractivity contribution in [1.82, 2.24) is 14.5 Å². The molecule has 0 amide bonds. The highest BCUT2D eigenvalue weighted by Gasteiger charge is 2.35. The normalized spacial score (nSPS) is 22.8. The zero-order valence-electron chi connectivity index (χ0n) is 15.7. The smallest absolute Gasteiger partial charge is 0.156 e. The molecule has 2 atom stereocenters. The Morgan fingerprint density at radius 3 is 2.44 bits per heavy atom. The summed E-state index contributed by atoms with van der Waals surface area (Å²) in [4.78, 5) is 8.32. The van der Waals surface area contributed by atoms with Crippen molar-refractivity contribution in [3.05, 3.63) is 23.7 Å². The minimum Gasteiger partial charge on any atom is -0.396 e. The van der Waals surface area contributed by atoms with Gasteiger partial charge in [-0.15, -0.1) is 0 Å². The summed E-state index contributed by atoms with van der Waals surface area (Å²) < 4.78 is 2.17. The molecule has 1 fully saturated rings. The molecular formula is C18H30ClN3O3. The average molecular weight is 372 g/mol. The van der Waals surface area contributed by atoms with Gasteiger partial charge in [-0.3, -0.25) is 0 Å². The lowest BCUT2D eigenvalue weighted by Gasteiger charge is -2.21. The fourth-order valence-corrected chi connectivity index (χ4v) is 3.09. The molecule has 142 valence electrons. The van der Waals surface area contributed by atoms with Crippen molar-refractivity contribution in [3.63, 3.8) is 0 Å². The first-order chi connectivity index (χ1) is 11.6. The maximum Gasteiger partial charge on any atom is 0.156 e. The monoisotopic (exact) mass is 371 g/mol. The van der Waals surface area contributed by atoms with Crippen LogP contribution in [0.2, 0.25) is 5.15 Å². The molecule has 2 aromatic rings. The van der Waals surface area contributed by atoms with Crippen molar-refractivity contribution in [2.24, 2.45) is 5.41 Å². The van der Waals surface area contributed by atoms with E-state index in [9.17, 15) is 5.11 Å². The lowest BCUT2D eigenvalue weighted by atomic mass is 9.90. The summed E-state index contributed by atoms with van der Waals surface area (Å²) in [6.07, 6.45) is 6.63. The molecule has 0 aromatic carbocycles. The number of halogens is 1. The number of fused-ring (bicyclic) bond motifs is 1. The predicted octanol–water partition coefficient (Wildman–Crippen LogP) is 3.54. The van der Waals surface area contributed by atoms with Crippen molar-refractivity contribution in [3.8, 4) is 0 Å². The van der Waals surface area contributed by atoms with Crippen molar-refractivity contribution < 1.29 is 15.3 Å². The third-order valence-electron chi connectivity index (χ3n) is 4.05. The molecule has 1 saturated carbocycles. The predicted molar refractivity (Wildman–Crippen MR) is 100 cm³/mol. The van der Waals surface area contributed by atoms with Crippen molar-refractivity contribution in [1.29, 1.82) is 0 Å². The summed E-state index contributed by atoms with van der Waals surface area (Å²) >= 11 is 6.06. The van der Waals surface area contributed by atoms with Crippen LogP contribution in [0.3, 0.4) is 0 Å². The largest absolute Gasteiger partial charge is 0.396 e. The Hall–Kier alpha value is -1.21. The van der Waals surface area contributed by atoms with E-state index in [1.54, 1.807) is 0 Å². The molecule has 2 aromatic heterocycles. The van der Waals surface area contributed by atoms with Crippen molar-refractivity contribution >= 4 is 22.6 Å². The van der Waals surface area contributed by atoms with E-state index in [2.05, 4.69) is 21.5 Å². The fourth-order valence-electron chi connectivity index (χ4n) is 2.90. The Labute approximate surface area is 154 Å². The van der Waals surface area contributed by atoms with E-state index < -0.39 is 5.79 Å². The van der Waals surface area contributed by atoms with Gasteiger partial charge >= 0.3 is 0 Å². The first-order valence-electron chi connectivity index (χ1n) is 8.66. The molecule has 2 heterocycles. The zero-order valence-corrected chi connectivity index (χ0v) is 16.5. The summed E-state index contributed by atoms with van der Waals surface area (Å²) in [5.74, 6) is -1.50. The van der Waals surface area contributed by atoms with Gasteiger partial charge in [0, 0.05) is 18.8 Å². The van der Waals surface area contributed by atoms with Crippen molar-refractivity contribution in [2.75, 3.05) is 6.61 Å². The number of hydrogen-bond donors (Lipinski definition) is 3. The number of rotatable bonds is 2. The highest BCUT2D eigenvalue weighted by Crippen LogP contribution is 2.44. The molecule has 1 aliphatic carbocycles. The average Bonchev–Trinajstić information content (AvgIpc) is 3.13. The second kappa shape index (κ2) is 8.94. The second-order valence-electron chi connectivity index (χ2n) is 6.98. The summed E-state index contributed by atoms with van der Waals surface area (Å²) in [7, 11) is 0. The van der Waals surface area contributed by atoms with Crippen LogP contribution in [0.5, 0.6) is 0 Å². The van der Waals surface area contributed by atoms with Crippen LogP contribution in [-0.4, -0.2) is 42.2 Å². The summed E-state index contributed by atoms with van der Waals surface area (Å²) in [6.45, 7) is 8.99. The Kier molecular flexibility index (Phi) is 7.81. The van der Waals surface area contributed by atoms with Gasteiger partial charge in [-0.1, -0.05) is 32.4 Å². The highest BCUT2D eigenvalue weighted by molar-refractivity contribution is 6.33. The van der Waals surface area contributed by atoms with Gasteiger partial charge in [0.1, 0.15) is 17.1 Å². The van der Waals surface area contributed by atoms with Gasteiger partial charge in [0.05, 0.1) is 5.39 Å². The van der Waals surface area contributed by atoms with Gasteiger partial charge in [0.2, 0.25) is 0 Å². The number of aliphatic hydroxyl groups excluding tert-OH is 1. The maximum absolute atomic E-state index is 9.44. The number of hydrogen-bond acceptors (Lipinski definition) is 5. The molecule has 25 heavy (non-hydrogen) atoms. The lowest BCUT2D eigenvalue weighted by molar-refractivity contribution is -0.127. The van der Waals surface area contributed by atoms with Gasteiger partial charge in [-0.05, 0) is 44.6 Å². The first kappa shape index (κ1) is 21.8. The Morgan fingerprint density at radius 2 is 1.92 bits per heavy atom. The maximum atomic E-state index is 9.44. The number of aliphatic hydroxyl groups is 3. The van der Waals surface area contributed by atoms with Crippen LogP contribution in [0.25, 0.3) is 11.0 Å². The minimum absolute atomic E-state index is 0.0398. The summed E-state index contributed by atoms with van der Waals surface area (Å²) in [5, 5.41) is 27.0. The van der Waals surface area contributed by atoms with Crippen LogP contribution in [0.4, 0.5) is 0 Å². The first-order valence-corrected chi connectivity index (χ1v) is 9.03. The lowest BCUT2D eigenvalue weighted by Crippen LogP contribution is -2.17. The number of nitrogens with zero attached hydrogens (tertiary/aromatic N) is 3. The third kappa shape index (κ3) is 6.22. The minimum atomic E-state index is -1.50. The van der Waals surface area contributed by atoms with Gasteiger partial charge < -0.3 is 19.9 Å². The number of aromatic nitrogens is 3. The molecule has 0 radical (unpaired) electrons. The van der Waals surface area contributed by atoms with E-state index in [-0.39, 0.29) is 12.0 Å². The molecule has 0 aliphatic heterocycles. The van der Waals surface area contributed by atoms with E-state index in [4.69, 9.17) is 21.8 Å². The van der Waals surface area contributed by atoms with E-state index in [0.29, 0.717) is 11.2 Å². The highest BCUT2D eigenvalue weighted by atomic mass is 35.5. The van der Waals surface area contributed by atoms with Gasteiger partial charge in [-0.25, -0.2) is 9.97 Å². The Morgan fingerprint density at radius 1 is 1.32 bits per heavy atom. The van der Waals surface area contributed by atoms with Gasteiger partial charge in [-0.2, -0.15) is 0 Å². The van der Waals surface area contributed by atoms with Crippen LogP contribution >= 0.6 is 11.6 Å². The molecule has 6 nitrogen and oxygen atoms in total. The molecule has 1 aliphatic rings. The van der Waals surface area contributed by atoms with Crippen LogP contribution in [0.1, 0.15) is 59.9 Å². The molecular weight excluding hydrogens is 342 g/mol. The molecule has 3 N–H and O–H groups in total. The van der Waals surface area contributed by atoms with Crippen molar-refractivity contribution in [2.45, 2.75) is 65.7 Å². The quantitative estimate of drug-likeness (QED) is 0.554.